The number of hydrogen-bond donors (Lipinski definition) is 1. The molecule has 18 heavy (non-hydrogen) atoms. The van der Waals surface area contributed by atoms with Crippen molar-refractivity contribution in [2.24, 2.45) is 0 Å². The van der Waals surface area contributed by atoms with Gasteiger partial charge in [0, 0.05) is 6.42 Å². The normalized spacial score (nSPS) is 12.4. The highest BCUT2D eigenvalue weighted by Crippen LogP contribution is 2.10. The molecule has 0 saturated heterocycles. The minimum Gasteiger partial charge on any atom is -0.460 e. The van der Waals surface area contributed by atoms with Crippen molar-refractivity contribution in [3.63, 3.8) is 0 Å². The number of carbonyl (C=O) groups excluding carboxylic acids is 1. The maximum atomic E-state index is 11.3. The third-order valence-corrected chi connectivity index (χ3v) is 3.07. The van der Waals surface area contributed by atoms with Crippen LogP contribution in [0.4, 0.5) is 0 Å². The highest BCUT2D eigenvalue weighted by Gasteiger charge is 2.07. The van der Waals surface area contributed by atoms with Gasteiger partial charge in [0.25, 0.3) is 0 Å². The van der Waals surface area contributed by atoms with Crippen LogP contribution < -0.4 is 0 Å². The molecule has 0 aliphatic rings. The van der Waals surface area contributed by atoms with E-state index in [-0.39, 0.29) is 18.7 Å². The van der Waals surface area contributed by atoms with Gasteiger partial charge in [-0.25, -0.2) is 0 Å². The van der Waals surface area contributed by atoms with Gasteiger partial charge in [0.2, 0.25) is 0 Å². The van der Waals surface area contributed by atoms with Crippen LogP contribution in [0.3, 0.4) is 0 Å². The summed E-state index contributed by atoms with van der Waals surface area (Å²) in [4.78, 5) is 11.3. The van der Waals surface area contributed by atoms with Crippen molar-refractivity contribution in [1.82, 2.24) is 0 Å². The Morgan fingerprint density at radius 1 is 1.00 bits per heavy atom. The van der Waals surface area contributed by atoms with Crippen LogP contribution in [-0.4, -0.2) is 23.8 Å². The van der Waals surface area contributed by atoms with Crippen LogP contribution in [0.1, 0.15) is 78.1 Å². The van der Waals surface area contributed by atoms with E-state index in [9.17, 15) is 4.79 Å². The fraction of sp³-hybridized carbons (Fsp3) is 0.933. The molecule has 0 bridgehead atoms. The quantitative estimate of drug-likeness (QED) is 0.427. The minimum atomic E-state index is -0.365. The van der Waals surface area contributed by atoms with Crippen LogP contribution in [-0.2, 0) is 9.53 Å². The Kier molecular flexibility index (Phi) is 12.5. The SMILES string of the molecule is CCCCCCCCCCCC(=O)O[C@@H](C)CO. The third-order valence-electron chi connectivity index (χ3n) is 3.07. The van der Waals surface area contributed by atoms with Gasteiger partial charge in [0.05, 0.1) is 6.61 Å². The summed E-state index contributed by atoms with van der Waals surface area (Å²) >= 11 is 0. The molecule has 0 aliphatic heterocycles. The van der Waals surface area contributed by atoms with Crippen LogP contribution in [0, 0.1) is 0 Å². The number of aliphatic hydroxyl groups excluding tert-OH is 1. The van der Waals surface area contributed by atoms with E-state index in [0.717, 1.165) is 12.8 Å². The second-order valence-corrected chi connectivity index (χ2v) is 5.06. The molecule has 1 N–H and O–H groups in total. The highest BCUT2D eigenvalue weighted by molar-refractivity contribution is 5.69. The van der Waals surface area contributed by atoms with E-state index >= 15 is 0 Å². The van der Waals surface area contributed by atoms with E-state index in [1.54, 1.807) is 6.92 Å². The van der Waals surface area contributed by atoms with Gasteiger partial charge >= 0.3 is 5.97 Å². The number of hydrogen-bond acceptors (Lipinski definition) is 3. The average Bonchev–Trinajstić information content (AvgIpc) is 2.36. The topological polar surface area (TPSA) is 46.5 Å². The maximum Gasteiger partial charge on any atom is 0.306 e. The van der Waals surface area contributed by atoms with Crippen LogP contribution in [0.25, 0.3) is 0 Å². The summed E-state index contributed by atoms with van der Waals surface area (Å²) in [5.41, 5.74) is 0. The van der Waals surface area contributed by atoms with Crippen LogP contribution >= 0.6 is 0 Å². The first kappa shape index (κ1) is 17.4. The molecule has 0 fully saturated rings. The molecule has 0 unspecified atom stereocenters. The van der Waals surface area contributed by atoms with Gasteiger partial charge in [0.15, 0.2) is 0 Å². The molecule has 0 rings (SSSR count). The lowest BCUT2D eigenvalue weighted by atomic mass is 10.1. The predicted octanol–water partition coefficient (Wildman–Crippen LogP) is 3.83. The second-order valence-electron chi connectivity index (χ2n) is 5.06. The van der Waals surface area contributed by atoms with Crippen molar-refractivity contribution in [3.05, 3.63) is 0 Å². The molecule has 0 aliphatic carbocycles. The second kappa shape index (κ2) is 12.9. The Labute approximate surface area is 112 Å². The first-order valence-corrected chi connectivity index (χ1v) is 7.51. The summed E-state index contributed by atoms with van der Waals surface area (Å²) in [7, 11) is 0. The van der Waals surface area contributed by atoms with Crippen LogP contribution in [0.15, 0.2) is 0 Å². The van der Waals surface area contributed by atoms with Gasteiger partial charge in [-0.2, -0.15) is 0 Å². The average molecular weight is 258 g/mol. The van der Waals surface area contributed by atoms with Crippen molar-refractivity contribution >= 4 is 5.97 Å². The molecule has 0 radical (unpaired) electrons. The fourth-order valence-corrected chi connectivity index (χ4v) is 1.90. The zero-order valence-electron chi connectivity index (χ0n) is 12.1. The molecule has 0 spiro atoms. The number of ether oxygens (including phenoxy) is 1. The smallest absolute Gasteiger partial charge is 0.306 e. The first-order valence-electron chi connectivity index (χ1n) is 7.51. The fourth-order valence-electron chi connectivity index (χ4n) is 1.90. The number of aliphatic hydroxyl groups is 1. The Hall–Kier alpha value is -0.570. The molecule has 1 atom stereocenters. The molecule has 0 aromatic heterocycles. The van der Waals surface area contributed by atoms with Crippen molar-refractivity contribution < 1.29 is 14.6 Å². The van der Waals surface area contributed by atoms with Gasteiger partial charge in [-0.15, -0.1) is 0 Å². The monoisotopic (exact) mass is 258 g/mol. The number of carbonyl (C=O) groups is 1. The summed E-state index contributed by atoms with van der Waals surface area (Å²) in [6.07, 6.45) is 11.3. The maximum absolute atomic E-state index is 11.3. The summed E-state index contributed by atoms with van der Waals surface area (Å²) in [5.74, 6) is -0.181. The van der Waals surface area contributed by atoms with Gasteiger partial charge in [-0.1, -0.05) is 58.3 Å². The zero-order valence-corrected chi connectivity index (χ0v) is 12.1. The van der Waals surface area contributed by atoms with Crippen LogP contribution in [0.5, 0.6) is 0 Å². The molecule has 0 aromatic carbocycles. The van der Waals surface area contributed by atoms with Gasteiger partial charge in [-0.05, 0) is 13.3 Å². The third kappa shape index (κ3) is 11.9. The van der Waals surface area contributed by atoms with E-state index in [0.29, 0.717) is 6.42 Å². The molecule has 0 heterocycles. The molecule has 0 amide bonds. The van der Waals surface area contributed by atoms with E-state index in [4.69, 9.17) is 9.84 Å². The Bertz CT molecular complexity index is 192. The lowest BCUT2D eigenvalue weighted by Gasteiger charge is -2.09. The predicted molar refractivity (Wildman–Crippen MR) is 74.5 cm³/mol. The number of rotatable bonds is 12. The number of unbranched alkanes of at least 4 members (excludes halogenated alkanes) is 8. The molecule has 108 valence electrons. The largest absolute Gasteiger partial charge is 0.460 e. The Balaban J connectivity index is 3.17. The summed E-state index contributed by atoms with van der Waals surface area (Å²) in [6, 6.07) is 0. The molecular formula is C15H30O3. The molecule has 0 aromatic rings. The lowest BCUT2D eigenvalue weighted by Crippen LogP contribution is -2.18. The van der Waals surface area contributed by atoms with Crippen molar-refractivity contribution in [2.45, 2.75) is 84.2 Å². The standard InChI is InChI=1S/C15H30O3/c1-3-4-5-6-7-8-9-10-11-12-15(17)18-14(2)13-16/h14,16H,3-13H2,1-2H3/t14-/m0/s1. The van der Waals surface area contributed by atoms with Crippen molar-refractivity contribution in [3.8, 4) is 0 Å². The molecular weight excluding hydrogens is 228 g/mol. The first-order chi connectivity index (χ1) is 8.70. The minimum absolute atomic E-state index is 0.0938. The Morgan fingerprint density at radius 2 is 1.50 bits per heavy atom. The number of esters is 1. The van der Waals surface area contributed by atoms with E-state index in [2.05, 4.69) is 6.92 Å². The van der Waals surface area contributed by atoms with E-state index in [1.807, 2.05) is 0 Å². The highest BCUT2D eigenvalue weighted by atomic mass is 16.5. The van der Waals surface area contributed by atoms with Crippen molar-refractivity contribution in [1.29, 1.82) is 0 Å². The van der Waals surface area contributed by atoms with Crippen molar-refractivity contribution in [2.75, 3.05) is 6.61 Å². The summed E-state index contributed by atoms with van der Waals surface area (Å²) < 4.78 is 4.98. The molecule has 3 heteroatoms. The zero-order chi connectivity index (χ0) is 13.6. The van der Waals surface area contributed by atoms with E-state index in [1.165, 1.54) is 44.9 Å². The van der Waals surface area contributed by atoms with Gasteiger partial charge in [0.1, 0.15) is 6.10 Å². The van der Waals surface area contributed by atoms with E-state index < -0.39 is 0 Å². The lowest BCUT2D eigenvalue weighted by molar-refractivity contribution is -0.150. The summed E-state index contributed by atoms with van der Waals surface area (Å²) in [6.45, 7) is 3.84. The molecule has 0 saturated carbocycles. The van der Waals surface area contributed by atoms with Gasteiger partial charge < -0.3 is 9.84 Å². The summed E-state index contributed by atoms with van der Waals surface area (Å²) in [5, 5.41) is 8.74. The van der Waals surface area contributed by atoms with Gasteiger partial charge in [-0.3, -0.25) is 4.79 Å². The van der Waals surface area contributed by atoms with Crippen LogP contribution in [0.2, 0.25) is 0 Å². The Morgan fingerprint density at radius 3 is 2.00 bits per heavy atom. The molecule has 3 nitrogen and oxygen atoms in total.